The van der Waals surface area contributed by atoms with Gasteiger partial charge in [-0.05, 0) is 71.8 Å². The summed E-state index contributed by atoms with van der Waals surface area (Å²) in [6.07, 6.45) is 3.55. The maximum absolute atomic E-state index is 13.3. The van der Waals surface area contributed by atoms with Gasteiger partial charge < -0.3 is 4.90 Å². The molecule has 26 heavy (non-hydrogen) atoms. The van der Waals surface area contributed by atoms with E-state index >= 15 is 0 Å². The number of carbonyl (C=O) groups is 1. The molecule has 3 aromatic rings. The lowest BCUT2D eigenvalue weighted by Crippen LogP contribution is -2.38. The van der Waals surface area contributed by atoms with E-state index in [2.05, 4.69) is 27.1 Å². The van der Waals surface area contributed by atoms with Crippen LogP contribution >= 0.6 is 11.3 Å². The number of thiophene rings is 1. The Labute approximate surface area is 155 Å². The lowest BCUT2D eigenvalue weighted by molar-refractivity contribution is 0.0707. The summed E-state index contributed by atoms with van der Waals surface area (Å²) in [5.74, 6) is 0.138. The van der Waals surface area contributed by atoms with Crippen LogP contribution in [-0.4, -0.2) is 38.9 Å². The van der Waals surface area contributed by atoms with Crippen molar-refractivity contribution in [1.29, 1.82) is 0 Å². The van der Waals surface area contributed by atoms with Gasteiger partial charge in [0, 0.05) is 13.1 Å². The summed E-state index contributed by atoms with van der Waals surface area (Å²) in [4.78, 5) is 14.6. The van der Waals surface area contributed by atoms with Crippen molar-refractivity contribution < 1.29 is 9.18 Å². The zero-order valence-corrected chi connectivity index (χ0v) is 15.2. The summed E-state index contributed by atoms with van der Waals surface area (Å²) in [6, 6.07) is 6.62. The van der Waals surface area contributed by atoms with E-state index in [1.54, 1.807) is 30.5 Å². The van der Waals surface area contributed by atoms with E-state index in [0.717, 1.165) is 31.5 Å². The van der Waals surface area contributed by atoms with Crippen LogP contribution in [0.4, 0.5) is 4.39 Å². The van der Waals surface area contributed by atoms with E-state index in [-0.39, 0.29) is 11.7 Å². The van der Waals surface area contributed by atoms with E-state index in [0.29, 0.717) is 17.3 Å². The van der Waals surface area contributed by atoms with Gasteiger partial charge in [-0.1, -0.05) is 5.21 Å². The topological polar surface area (TPSA) is 51.0 Å². The Kier molecular flexibility index (Phi) is 4.55. The Morgan fingerprint density at radius 3 is 2.77 bits per heavy atom. The largest absolute Gasteiger partial charge is 0.337 e. The van der Waals surface area contributed by atoms with Gasteiger partial charge >= 0.3 is 0 Å². The third-order valence-electron chi connectivity index (χ3n) is 4.91. The molecule has 7 heteroatoms. The minimum Gasteiger partial charge on any atom is -0.337 e. The minimum atomic E-state index is -0.295. The lowest BCUT2D eigenvalue weighted by atomic mass is 9.91. The number of nitrogens with zero attached hydrogens (tertiary/aromatic N) is 4. The zero-order valence-electron chi connectivity index (χ0n) is 14.4. The zero-order chi connectivity index (χ0) is 18.1. The highest BCUT2D eigenvalue weighted by Crippen LogP contribution is 2.29. The number of likely N-dealkylation sites (tertiary alicyclic amines) is 1. The first kappa shape index (κ1) is 16.9. The van der Waals surface area contributed by atoms with Crippen molar-refractivity contribution >= 4 is 17.2 Å². The van der Waals surface area contributed by atoms with Crippen LogP contribution < -0.4 is 0 Å². The molecule has 1 aromatic carbocycles. The summed E-state index contributed by atoms with van der Waals surface area (Å²) in [5, 5.41) is 12.4. The molecule has 4 rings (SSSR count). The Bertz CT molecular complexity index is 914. The molecule has 1 amide bonds. The van der Waals surface area contributed by atoms with Crippen LogP contribution in [0, 0.1) is 12.7 Å². The number of amides is 1. The fourth-order valence-corrected chi connectivity index (χ4v) is 4.18. The molecule has 1 aliphatic heterocycles. The smallest absolute Gasteiger partial charge is 0.276 e. The molecule has 5 nitrogen and oxygen atoms in total. The van der Waals surface area contributed by atoms with Crippen molar-refractivity contribution in [2.45, 2.75) is 25.7 Å². The minimum absolute atomic E-state index is 0.0974. The molecule has 0 unspecified atom stereocenters. The normalized spacial score (nSPS) is 15.4. The van der Waals surface area contributed by atoms with Crippen molar-refractivity contribution in [3.8, 4) is 5.69 Å². The second-order valence-corrected chi connectivity index (χ2v) is 7.38. The van der Waals surface area contributed by atoms with E-state index in [1.807, 2.05) is 4.90 Å². The molecule has 0 spiro atoms. The third-order valence-corrected chi connectivity index (χ3v) is 5.62. The van der Waals surface area contributed by atoms with Gasteiger partial charge in [0.2, 0.25) is 0 Å². The molecule has 134 valence electrons. The molecule has 0 N–H and O–H groups in total. The third kappa shape index (κ3) is 3.26. The Morgan fingerprint density at radius 1 is 1.27 bits per heavy atom. The standard InChI is InChI=1S/C19H19FN4OS/c1-13-10-16(20)2-3-18(13)24-11-17(21-22-24)19(25)23-7-4-14(5-8-23)15-6-9-26-12-15/h2-3,6,9-12,14H,4-5,7-8H2,1H3. The highest BCUT2D eigenvalue weighted by molar-refractivity contribution is 7.07. The lowest BCUT2D eigenvalue weighted by Gasteiger charge is -2.31. The molecule has 0 bridgehead atoms. The number of carbonyl (C=O) groups excluding carboxylic acids is 1. The fraction of sp³-hybridized carbons (Fsp3) is 0.316. The first-order valence-electron chi connectivity index (χ1n) is 8.62. The van der Waals surface area contributed by atoms with Crippen molar-refractivity contribution in [1.82, 2.24) is 19.9 Å². The van der Waals surface area contributed by atoms with Gasteiger partial charge in [0.1, 0.15) is 5.82 Å². The quantitative estimate of drug-likeness (QED) is 0.705. The highest BCUT2D eigenvalue weighted by atomic mass is 32.1. The number of hydrogen-bond acceptors (Lipinski definition) is 4. The Balaban J connectivity index is 1.45. The predicted octanol–water partition coefficient (Wildman–Crippen LogP) is 3.80. The van der Waals surface area contributed by atoms with Gasteiger partial charge in [-0.15, -0.1) is 5.10 Å². The van der Waals surface area contributed by atoms with Crippen molar-refractivity contribution in [3.63, 3.8) is 0 Å². The van der Waals surface area contributed by atoms with E-state index in [9.17, 15) is 9.18 Å². The van der Waals surface area contributed by atoms with E-state index < -0.39 is 0 Å². The van der Waals surface area contributed by atoms with Gasteiger partial charge in [-0.2, -0.15) is 11.3 Å². The molecule has 1 saturated heterocycles. The maximum atomic E-state index is 13.3. The summed E-state index contributed by atoms with van der Waals surface area (Å²) in [5.41, 5.74) is 3.15. The fourth-order valence-electron chi connectivity index (χ4n) is 3.44. The molecule has 0 radical (unpaired) electrons. The van der Waals surface area contributed by atoms with E-state index in [4.69, 9.17) is 0 Å². The van der Waals surface area contributed by atoms with Crippen LogP contribution in [0.15, 0.2) is 41.2 Å². The molecule has 1 fully saturated rings. The van der Waals surface area contributed by atoms with Crippen LogP contribution in [0.3, 0.4) is 0 Å². The van der Waals surface area contributed by atoms with Gasteiger partial charge in [0.25, 0.3) is 5.91 Å². The maximum Gasteiger partial charge on any atom is 0.276 e. The van der Waals surface area contributed by atoms with Crippen LogP contribution in [0.25, 0.3) is 5.69 Å². The highest BCUT2D eigenvalue weighted by Gasteiger charge is 2.26. The number of piperidine rings is 1. The van der Waals surface area contributed by atoms with Crippen LogP contribution in [0.5, 0.6) is 0 Å². The molecule has 3 heterocycles. The molecule has 0 saturated carbocycles. The summed E-state index contributed by atoms with van der Waals surface area (Å²) < 4.78 is 14.8. The van der Waals surface area contributed by atoms with Gasteiger partial charge in [-0.3, -0.25) is 4.79 Å². The molecule has 0 atom stereocenters. The Morgan fingerprint density at radius 2 is 2.08 bits per heavy atom. The molecular formula is C19H19FN4OS. The molecular weight excluding hydrogens is 351 g/mol. The monoisotopic (exact) mass is 370 g/mol. The molecule has 0 aliphatic carbocycles. The summed E-state index contributed by atoms with van der Waals surface area (Å²) in [6.45, 7) is 3.25. The summed E-state index contributed by atoms with van der Waals surface area (Å²) >= 11 is 1.71. The summed E-state index contributed by atoms with van der Waals surface area (Å²) in [7, 11) is 0. The molecule has 2 aromatic heterocycles. The van der Waals surface area contributed by atoms with Crippen LogP contribution in [-0.2, 0) is 0 Å². The SMILES string of the molecule is Cc1cc(F)ccc1-n1cc(C(=O)N2CCC(c3ccsc3)CC2)nn1. The number of halogens is 1. The predicted molar refractivity (Wildman–Crippen MR) is 98.3 cm³/mol. The van der Waals surface area contributed by atoms with E-state index in [1.165, 1.54) is 22.4 Å². The average Bonchev–Trinajstić information content (AvgIpc) is 3.33. The number of benzene rings is 1. The second-order valence-electron chi connectivity index (χ2n) is 6.60. The number of aromatic nitrogens is 3. The van der Waals surface area contributed by atoms with Gasteiger partial charge in [0.05, 0.1) is 11.9 Å². The number of aryl methyl sites for hydroxylation is 1. The van der Waals surface area contributed by atoms with Crippen LogP contribution in [0.2, 0.25) is 0 Å². The van der Waals surface area contributed by atoms with Gasteiger partial charge in [-0.25, -0.2) is 9.07 Å². The van der Waals surface area contributed by atoms with Crippen molar-refractivity contribution in [2.75, 3.05) is 13.1 Å². The number of rotatable bonds is 3. The average molecular weight is 370 g/mol. The van der Waals surface area contributed by atoms with Gasteiger partial charge in [0.15, 0.2) is 5.69 Å². The Hall–Kier alpha value is -2.54. The second kappa shape index (κ2) is 6.99. The first-order valence-corrected chi connectivity index (χ1v) is 9.56. The number of hydrogen-bond donors (Lipinski definition) is 0. The van der Waals surface area contributed by atoms with Crippen LogP contribution in [0.1, 0.15) is 40.4 Å². The molecule has 1 aliphatic rings. The van der Waals surface area contributed by atoms with Crippen molar-refractivity contribution in [3.05, 3.63) is 63.9 Å². The first-order chi connectivity index (χ1) is 12.6. The van der Waals surface area contributed by atoms with Crippen molar-refractivity contribution in [2.24, 2.45) is 0 Å².